The number of phenolic OH excluding ortho intramolecular Hbond substituents is 1. The van der Waals surface area contributed by atoms with E-state index in [4.69, 9.17) is 4.42 Å². The van der Waals surface area contributed by atoms with Crippen LogP contribution in [-0.2, 0) is 6.54 Å². The Labute approximate surface area is 166 Å². The molecule has 0 bridgehead atoms. The first-order chi connectivity index (χ1) is 13.0. The van der Waals surface area contributed by atoms with E-state index >= 15 is 0 Å². The van der Waals surface area contributed by atoms with E-state index in [0.29, 0.717) is 34.6 Å². The van der Waals surface area contributed by atoms with Crippen LogP contribution in [0.5, 0.6) is 5.75 Å². The third-order valence-electron chi connectivity index (χ3n) is 5.30. The van der Waals surface area contributed by atoms with Crippen LogP contribution in [0.4, 0.5) is 0 Å². The fourth-order valence-electron chi connectivity index (χ4n) is 3.88. The number of piperidine rings is 1. The minimum Gasteiger partial charge on any atom is -0.507 e. The molecule has 2 heterocycles. The maximum absolute atomic E-state index is 13.1. The molecule has 2 aromatic carbocycles. The lowest BCUT2D eigenvalue weighted by atomic mass is 9.99. The fourth-order valence-corrected chi connectivity index (χ4v) is 4.15. The Hall–Kier alpha value is -2.11. The molecule has 0 aliphatic carbocycles. The van der Waals surface area contributed by atoms with Gasteiger partial charge in [-0.2, -0.15) is 0 Å². The van der Waals surface area contributed by atoms with Crippen LogP contribution in [0.15, 0.2) is 56.3 Å². The van der Waals surface area contributed by atoms with Gasteiger partial charge in [-0.25, -0.2) is 0 Å². The van der Waals surface area contributed by atoms with Crippen LogP contribution in [0, 0.1) is 5.92 Å². The summed E-state index contributed by atoms with van der Waals surface area (Å²) < 4.78 is 6.85. The third kappa shape index (κ3) is 3.66. The highest BCUT2D eigenvalue weighted by molar-refractivity contribution is 9.10. The molecule has 1 aliphatic heterocycles. The lowest BCUT2D eigenvalue weighted by Crippen LogP contribution is -2.33. The molecule has 27 heavy (non-hydrogen) atoms. The molecule has 1 N–H and O–H groups in total. The van der Waals surface area contributed by atoms with Gasteiger partial charge >= 0.3 is 0 Å². The molecule has 0 radical (unpaired) electrons. The van der Waals surface area contributed by atoms with Crippen molar-refractivity contribution in [3.05, 3.63) is 62.9 Å². The van der Waals surface area contributed by atoms with Gasteiger partial charge in [0.1, 0.15) is 17.6 Å². The van der Waals surface area contributed by atoms with Crippen LogP contribution >= 0.6 is 15.9 Å². The van der Waals surface area contributed by atoms with Crippen molar-refractivity contribution >= 4 is 26.9 Å². The number of fused-ring (bicyclic) bond motifs is 1. The number of aromatic hydroxyl groups is 1. The number of likely N-dealkylation sites (tertiary alicyclic amines) is 1. The van der Waals surface area contributed by atoms with Gasteiger partial charge in [0.15, 0.2) is 0 Å². The Morgan fingerprint density at radius 3 is 2.74 bits per heavy atom. The van der Waals surface area contributed by atoms with Gasteiger partial charge in [0.25, 0.3) is 0 Å². The lowest BCUT2D eigenvalue weighted by Gasteiger charge is -2.31. The van der Waals surface area contributed by atoms with Gasteiger partial charge in [0.05, 0.1) is 16.5 Å². The molecule has 0 spiro atoms. The normalized spacial score (nSPS) is 18.1. The molecule has 1 fully saturated rings. The largest absolute Gasteiger partial charge is 0.507 e. The van der Waals surface area contributed by atoms with Gasteiger partial charge in [-0.15, -0.1) is 0 Å². The van der Waals surface area contributed by atoms with Crippen LogP contribution in [0.25, 0.3) is 22.1 Å². The predicted octanol–water partition coefficient (Wildman–Crippen LogP) is 5.16. The van der Waals surface area contributed by atoms with Crippen molar-refractivity contribution < 1.29 is 9.52 Å². The number of nitrogens with zero attached hydrogens (tertiary/aromatic N) is 1. The molecule has 0 amide bonds. The Balaban J connectivity index is 1.77. The van der Waals surface area contributed by atoms with E-state index in [1.165, 1.54) is 12.7 Å². The monoisotopic (exact) mass is 427 g/mol. The standard InChI is InChI=1S/C22H22BrNO3/c1-14-3-2-10-24(11-14)12-18-20(25)9-8-17-21(26)19(13-27-22(17)18)15-4-6-16(23)7-5-15/h4-9,13-14,25H,2-3,10-12H2,1H3. The number of hydrogen-bond acceptors (Lipinski definition) is 4. The topological polar surface area (TPSA) is 53.7 Å². The highest BCUT2D eigenvalue weighted by atomic mass is 79.9. The second-order valence-electron chi connectivity index (χ2n) is 7.41. The minimum atomic E-state index is -0.0770. The van der Waals surface area contributed by atoms with E-state index in [-0.39, 0.29) is 11.2 Å². The summed E-state index contributed by atoms with van der Waals surface area (Å²) in [5.74, 6) is 0.826. The number of hydrogen-bond donors (Lipinski definition) is 1. The quantitative estimate of drug-likeness (QED) is 0.626. The summed E-state index contributed by atoms with van der Waals surface area (Å²) in [5.41, 5.74) is 2.44. The highest BCUT2D eigenvalue weighted by Crippen LogP contribution is 2.30. The second kappa shape index (κ2) is 7.49. The van der Waals surface area contributed by atoms with Gasteiger partial charge in [-0.05, 0) is 55.1 Å². The predicted molar refractivity (Wildman–Crippen MR) is 111 cm³/mol. The summed E-state index contributed by atoms with van der Waals surface area (Å²) in [5, 5.41) is 10.9. The first kappa shape index (κ1) is 18.3. The van der Waals surface area contributed by atoms with Crippen molar-refractivity contribution in [1.29, 1.82) is 0 Å². The molecule has 4 rings (SSSR count). The van der Waals surface area contributed by atoms with Crippen molar-refractivity contribution in [3.63, 3.8) is 0 Å². The molecular formula is C22H22BrNO3. The Morgan fingerprint density at radius 1 is 1.22 bits per heavy atom. The summed E-state index contributed by atoms with van der Waals surface area (Å²) in [6.45, 7) is 4.84. The van der Waals surface area contributed by atoms with E-state index in [1.807, 2.05) is 24.3 Å². The zero-order valence-electron chi connectivity index (χ0n) is 15.2. The Kier molecular flexibility index (Phi) is 5.06. The molecule has 140 valence electrons. The molecule has 0 saturated carbocycles. The van der Waals surface area contributed by atoms with E-state index in [2.05, 4.69) is 27.8 Å². The molecule has 1 atom stereocenters. The number of benzene rings is 2. The summed E-state index contributed by atoms with van der Waals surface area (Å²) >= 11 is 3.41. The zero-order valence-corrected chi connectivity index (χ0v) is 16.8. The van der Waals surface area contributed by atoms with Crippen molar-refractivity contribution in [2.75, 3.05) is 13.1 Å². The molecule has 1 unspecified atom stereocenters. The number of halogens is 1. The van der Waals surface area contributed by atoms with E-state index in [0.717, 1.165) is 29.5 Å². The van der Waals surface area contributed by atoms with Crippen LogP contribution in [-0.4, -0.2) is 23.1 Å². The Bertz CT molecular complexity index is 1030. The highest BCUT2D eigenvalue weighted by Gasteiger charge is 2.21. The molecule has 3 aromatic rings. The van der Waals surface area contributed by atoms with Gasteiger partial charge in [-0.1, -0.05) is 35.0 Å². The molecule has 1 aliphatic rings. The zero-order chi connectivity index (χ0) is 19.0. The molecule has 1 aromatic heterocycles. The summed E-state index contributed by atoms with van der Waals surface area (Å²) in [6, 6.07) is 10.8. The van der Waals surface area contributed by atoms with Crippen LogP contribution < -0.4 is 5.43 Å². The molecule has 5 heteroatoms. The van der Waals surface area contributed by atoms with Crippen molar-refractivity contribution in [1.82, 2.24) is 4.90 Å². The van der Waals surface area contributed by atoms with E-state index in [9.17, 15) is 9.90 Å². The third-order valence-corrected chi connectivity index (χ3v) is 5.83. The lowest BCUT2D eigenvalue weighted by molar-refractivity contribution is 0.175. The average molecular weight is 428 g/mol. The van der Waals surface area contributed by atoms with Gasteiger partial charge < -0.3 is 9.52 Å². The number of phenols is 1. The van der Waals surface area contributed by atoms with Crippen LogP contribution in [0.1, 0.15) is 25.3 Å². The number of rotatable bonds is 3. The summed E-state index contributed by atoms with van der Waals surface area (Å²) in [7, 11) is 0. The van der Waals surface area contributed by atoms with Crippen LogP contribution in [0.3, 0.4) is 0 Å². The molecule has 4 nitrogen and oxygen atoms in total. The van der Waals surface area contributed by atoms with E-state index < -0.39 is 0 Å². The smallest absolute Gasteiger partial charge is 0.200 e. The first-order valence-corrected chi connectivity index (χ1v) is 10.1. The fraction of sp³-hybridized carbons (Fsp3) is 0.318. The molecule has 1 saturated heterocycles. The SMILES string of the molecule is CC1CCCN(Cc2c(O)ccc3c(=O)c(-c4ccc(Br)cc4)coc23)C1. The van der Waals surface area contributed by atoms with Crippen LogP contribution in [0.2, 0.25) is 0 Å². The second-order valence-corrected chi connectivity index (χ2v) is 8.32. The maximum Gasteiger partial charge on any atom is 0.200 e. The Morgan fingerprint density at radius 2 is 2.00 bits per heavy atom. The maximum atomic E-state index is 13.1. The van der Waals surface area contributed by atoms with Crippen molar-refractivity contribution in [2.45, 2.75) is 26.3 Å². The van der Waals surface area contributed by atoms with Gasteiger partial charge in [-0.3, -0.25) is 9.69 Å². The van der Waals surface area contributed by atoms with Gasteiger partial charge in [0, 0.05) is 17.6 Å². The van der Waals surface area contributed by atoms with Crippen molar-refractivity contribution in [2.24, 2.45) is 5.92 Å². The first-order valence-electron chi connectivity index (χ1n) is 9.27. The van der Waals surface area contributed by atoms with Crippen molar-refractivity contribution in [3.8, 4) is 16.9 Å². The molecular weight excluding hydrogens is 406 g/mol. The van der Waals surface area contributed by atoms with Gasteiger partial charge in [0.2, 0.25) is 5.43 Å². The van der Waals surface area contributed by atoms with E-state index in [1.54, 1.807) is 12.1 Å². The average Bonchev–Trinajstić information content (AvgIpc) is 2.65. The summed E-state index contributed by atoms with van der Waals surface area (Å²) in [6.07, 6.45) is 3.91. The summed E-state index contributed by atoms with van der Waals surface area (Å²) in [4.78, 5) is 15.4. The minimum absolute atomic E-state index is 0.0770.